The van der Waals surface area contributed by atoms with Crippen LogP contribution in [0.15, 0.2) is 30.3 Å². The van der Waals surface area contributed by atoms with Crippen LogP contribution in [0.25, 0.3) is 11.0 Å². The van der Waals surface area contributed by atoms with Crippen molar-refractivity contribution in [1.29, 1.82) is 0 Å². The average molecular weight is 408 g/mol. The highest BCUT2D eigenvalue weighted by Crippen LogP contribution is 2.27. The second-order valence-corrected chi connectivity index (χ2v) is 6.43. The fourth-order valence-corrected chi connectivity index (χ4v) is 2.90. The Labute approximate surface area is 164 Å². The Morgan fingerprint density at radius 2 is 1.97 bits per heavy atom. The van der Waals surface area contributed by atoms with Crippen LogP contribution in [0.1, 0.15) is 16.8 Å². The number of aryl methyl sites for hydroxylation is 3. The lowest BCUT2D eigenvalue weighted by molar-refractivity contribution is -0.274. The highest BCUT2D eigenvalue weighted by molar-refractivity contribution is 5.85. The van der Waals surface area contributed by atoms with Crippen molar-refractivity contribution in [3.8, 4) is 11.6 Å². The summed E-state index contributed by atoms with van der Waals surface area (Å²) in [4.78, 5) is 16.5. The standard InChI is InChI=1S/C19H19F3N4O3/c1-11-8-12(2)24-17-16(11)18(25-26(17)3)28-10-15(27)23-9-13-6-4-5-7-14(13)29-19(20,21)22/h4-8H,9-10H2,1-3H3,(H,23,27). The molecule has 10 heteroatoms. The molecule has 0 aliphatic carbocycles. The highest BCUT2D eigenvalue weighted by atomic mass is 19.4. The molecule has 0 radical (unpaired) electrons. The fraction of sp³-hybridized carbons (Fsp3) is 0.316. The Morgan fingerprint density at radius 1 is 1.24 bits per heavy atom. The Kier molecular flexibility index (Phi) is 5.62. The fourth-order valence-electron chi connectivity index (χ4n) is 2.90. The topological polar surface area (TPSA) is 78.3 Å². The van der Waals surface area contributed by atoms with Gasteiger partial charge in [0.15, 0.2) is 12.3 Å². The van der Waals surface area contributed by atoms with Crippen LogP contribution in [0.4, 0.5) is 13.2 Å². The molecule has 0 unspecified atom stereocenters. The number of nitrogens with one attached hydrogen (secondary N) is 1. The quantitative estimate of drug-likeness (QED) is 0.678. The van der Waals surface area contributed by atoms with Crippen molar-refractivity contribution in [2.75, 3.05) is 6.61 Å². The first kappa shape index (κ1) is 20.4. The number of hydrogen-bond acceptors (Lipinski definition) is 5. The molecule has 7 nitrogen and oxygen atoms in total. The molecular formula is C19H19F3N4O3. The van der Waals surface area contributed by atoms with Gasteiger partial charge in [-0.2, -0.15) is 0 Å². The summed E-state index contributed by atoms with van der Waals surface area (Å²) in [6.07, 6.45) is -4.81. The summed E-state index contributed by atoms with van der Waals surface area (Å²) in [7, 11) is 1.72. The predicted octanol–water partition coefficient (Wildman–Crippen LogP) is 3.18. The third kappa shape index (κ3) is 4.95. The van der Waals surface area contributed by atoms with Crippen LogP contribution >= 0.6 is 0 Å². The van der Waals surface area contributed by atoms with Gasteiger partial charge in [-0.3, -0.25) is 4.79 Å². The summed E-state index contributed by atoms with van der Waals surface area (Å²) in [6, 6.07) is 7.47. The van der Waals surface area contributed by atoms with Gasteiger partial charge < -0.3 is 14.8 Å². The number of rotatable bonds is 6. The number of aromatic nitrogens is 3. The van der Waals surface area contributed by atoms with E-state index in [-0.39, 0.29) is 30.3 Å². The second kappa shape index (κ2) is 7.98. The molecule has 2 heterocycles. The first-order valence-corrected chi connectivity index (χ1v) is 8.68. The summed E-state index contributed by atoms with van der Waals surface area (Å²) < 4.78 is 48.5. The number of carbonyl (C=O) groups excluding carboxylic acids is 1. The van der Waals surface area contributed by atoms with Gasteiger partial charge in [-0.05, 0) is 31.5 Å². The molecule has 0 bridgehead atoms. The molecule has 0 aliphatic rings. The van der Waals surface area contributed by atoms with Gasteiger partial charge in [-0.1, -0.05) is 18.2 Å². The van der Waals surface area contributed by atoms with Gasteiger partial charge in [-0.25, -0.2) is 9.67 Å². The average Bonchev–Trinajstić information content (AvgIpc) is 2.94. The van der Waals surface area contributed by atoms with E-state index in [1.165, 1.54) is 18.2 Å². The number of nitrogens with zero attached hydrogens (tertiary/aromatic N) is 3. The van der Waals surface area contributed by atoms with Crippen molar-refractivity contribution in [2.24, 2.45) is 7.05 Å². The number of alkyl halides is 3. The van der Waals surface area contributed by atoms with E-state index >= 15 is 0 Å². The van der Waals surface area contributed by atoms with Crippen molar-refractivity contribution in [1.82, 2.24) is 20.1 Å². The van der Waals surface area contributed by atoms with Crippen LogP contribution in [0.5, 0.6) is 11.6 Å². The van der Waals surface area contributed by atoms with Gasteiger partial charge >= 0.3 is 6.36 Å². The maximum absolute atomic E-state index is 12.5. The summed E-state index contributed by atoms with van der Waals surface area (Å²) >= 11 is 0. The number of pyridine rings is 1. The largest absolute Gasteiger partial charge is 0.573 e. The minimum atomic E-state index is -4.81. The number of amides is 1. The molecule has 29 heavy (non-hydrogen) atoms. The van der Waals surface area contributed by atoms with E-state index in [0.717, 1.165) is 11.3 Å². The predicted molar refractivity (Wildman–Crippen MR) is 98.4 cm³/mol. The van der Waals surface area contributed by atoms with E-state index in [0.29, 0.717) is 11.0 Å². The molecule has 1 aromatic carbocycles. The molecule has 0 fully saturated rings. The van der Waals surface area contributed by atoms with Gasteiger partial charge in [0.1, 0.15) is 5.75 Å². The second-order valence-electron chi connectivity index (χ2n) is 6.43. The number of hydrogen-bond donors (Lipinski definition) is 1. The number of ether oxygens (including phenoxy) is 2. The Hall–Kier alpha value is -3.30. The number of fused-ring (bicyclic) bond motifs is 1. The van der Waals surface area contributed by atoms with Gasteiger partial charge in [0.25, 0.3) is 5.91 Å². The summed E-state index contributed by atoms with van der Waals surface area (Å²) in [5.41, 5.74) is 2.57. The smallest absolute Gasteiger partial charge is 0.466 e. The van der Waals surface area contributed by atoms with Crippen molar-refractivity contribution in [3.63, 3.8) is 0 Å². The first-order chi connectivity index (χ1) is 13.6. The number of carbonyl (C=O) groups is 1. The minimum absolute atomic E-state index is 0.142. The SMILES string of the molecule is Cc1cc(C)c2c(OCC(=O)NCc3ccccc3OC(F)(F)F)nn(C)c2n1. The number of para-hydroxylation sites is 1. The highest BCUT2D eigenvalue weighted by Gasteiger charge is 2.32. The third-order valence-corrected chi connectivity index (χ3v) is 4.10. The summed E-state index contributed by atoms with van der Waals surface area (Å²) in [6.45, 7) is 3.27. The molecule has 154 valence electrons. The van der Waals surface area contributed by atoms with Gasteiger partial charge in [0.05, 0.1) is 5.39 Å². The van der Waals surface area contributed by atoms with Gasteiger partial charge in [0.2, 0.25) is 5.88 Å². The van der Waals surface area contributed by atoms with Gasteiger partial charge in [-0.15, -0.1) is 18.3 Å². The van der Waals surface area contributed by atoms with Crippen LogP contribution in [0.3, 0.4) is 0 Å². The lowest BCUT2D eigenvalue weighted by Crippen LogP contribution is -2.29. The molecule has 2 aromatic heterocycles. The maximum atomic E-state index is 12.5. The van der Waals surface area contributed by atoms with Crippen LogP contribution in [0, 0.1) is 13.8 Å². The molecule has 0 saturated heterocycles. The Bertz CT molecular complexity index is 1050. The van der Waals surface area contributed by atoms with Gasteiger partial charge in [0, 0.05) is 24.8 Å². The lowest BCUT2D eigenvalue weighted by atomic mass is 10.2. The molecule has 0 saturated carbocycles. The van der Waals surface area contributed by atoms with Crippen molar-refractivity contribution in [2.45, 2.75) is 26.8 Å². The van der Waals surface area contributed by atoms with E-state index in [4.69, 9.17) is 4.74 Å². The molecular weight excluding hydrogens is 389 g/mol. The zero-order valence-corrected chi connectivity index (χ0v) is 16.0. The van der Waals surface area contributed by atoms with Crippen LogP contribution < -0.4 is 14.8 Å². The zero-order chi connectivity index (χ0) is 21.2. The maximum Gasteiger partial charge on any atom is 0.573 e. The Balaban J connectivity index is 1.64. The van der Waals surface area contributed by atoms with Crippen LogP contribution in [-0.2, 0) is 18.4 Å². The van der Waals surface area contributed by atoms with Crippen molar-refractivity contribution >= 4 is 16.9 Å². The van der Waals surface area contributed by atoms with E-state index in [1.54, 1.807) is 17.8 Å². The minimum Gasteiger partial charge on any atom is -0.466 e. The van der Waals surface area contributed by atoms with Crippen molar-refractivity contribution in [3.05, 3.63) is 47.2 Å². The van der Waals surface area contributed by atoms with E-state index in [2.05, 4.69) is 20.1 Å². The number of halogens is 3. The molecule has 0 aliphatic heterocycles. The van der Waals surface area contributed by atoms with E-state index < -0.39 is 12.3 Å². The molecule has 0 atom stereocenters. The van der Waals surface area contributed by atoms with E-state index in [1.807, 2.05) is 19.9 Å². The van der Waals surface area contributed by atoms with Crippen LogP contribution in [0.2, 0.25) is 0 Å². The lowest BCUT2D eigenvalue weighted by Gasteiger charge is -2.13. The Morgan fingerprint density at radius 3 is 2.69 bits per heavy atom. The number of benzene rings is 1. The summed E-state index contributed by atoms with van der Waals surface area (Å²) in [5, 5.41) is 7.46. The van der Waals surface area contributed by atoms with Crippen molar-refractivity contribution < 1.29 is 27.4 Å². The normalized spacial score (nSPS) is 11.5. The first-order valence-electron chi connectivity index (χ1n) is 8.68. The molecule has 1 N–H and O–H groups in total. The molecule has 0 spiro atoms. The molecule has 3 aromatic rings. The van der Waals surface area contributed by atoms with Crippen LogP contribution in [-0.4, -0.2) is 33.6 Å². The van der Waals surface area contributed by atoms with E-state index in [9.17, 15) is 18.0 Å². The summed E-state index contributed by atoms with van der Waals surface area (Å²) in [5.74, 6) is -0.610. The third-order valence-electron chi connectivity index (χ3n) is 4.10. The monoisotopic (exact) mass is 408 g/mol. The molecule has 3 rings (SSSR count). The molecule has 1 amide bonds. The zero-order valence-electron chi connectivity index (χ0n) is 16.0.